The molecule has 1 rings (SSSR count). The fraction of sp³-hybridized carbons (Fsp3) is 0.455. The quantitative estimate of drug-likeness (QED) is 0.806. The van der Waals surface area contributed by atoms with E-state index in [4.69, 9.17) is 0 Å². The number of aryl methyl sites for hydroxylation is 2. The fourth-order valence-corrected chi connectivity index (χ4v) is 1.44. The average molecular weight is 233 g/mol. The van der Waals surface area contributed by atoms with Gasteiger partial charge in [-0.15, -0.1) is 13.2 Å². The molecule has 1 N–H and O–H groups in total. The molecule has 16 heavy (non-hydrogen) atoms. The van der Waals surface area contributed by atoms with Gasteiger partial charge in [-0.25, -0.2) is 0 Å². The molecule has 1 aromatic rings. The van der Waals surface area contributed by atoms with Crippen LogP contribution in [0.25, 0.3) is 0 Å². The lowest BCUT2D eigenvalue weighted by atomic mass is 10.1. The molecule has 0 saturated carbocycles. The molecule has 0 aromatic heterocycles. The summed E-state index contributed by atoms with van der Waals surface area (Å²) in [5.74, 6) is 0. The molecule has 0 amide bonds. The minimum Gasteiger partial charge on any atom is -0.383 e. The van der Waals surface area contributed by atoms with Crippen LogP contribution < -0.4 is 5.32 Å². The van der Waals surface area contributed by atoms with E-state index in [1.165, 1.54) is 0 Å². The molecule has 90 valence electrons. The maximum Gasteiger partial charge on any atom is 0.522 e. The lowest BCUT2D eigenvalue weighted by Gasteiger charge is -2.10. The summed E-state index contributed by atoms with van der Waals surface area (Å²) in [6, 6.07) is 5.75. The van der Waals surface area contributed by atoms with E-state index in [1.807, 2.05) is 32.0 Å². The van der Waals surface area contributed by atoms with Gasteiger partial charge in [-0.2, -0.15) is 0 Å². The first-order valence-electron chi connectivity index (χ1n) is 4.90. The van der Waals surface area contributed by atoms with Crippen LogP contribution in [0, 0.1) is 13.8 Å². The second-order valence-corrected chi connectivity index (χ2v) is 3.60. The van der Waals surface area contributed by atoms with Crippen LogP contribution in [-0.2, 0) is 4.74 Å². The zero-order valence-electron chi connectivity index (χ0n) is 9.19. The molecular weight excluding hydrogens is 219 g/mol. The molecular formula is C11H14F3NO. The van der Waals surface area contributed by atoms with Crippen LogP contribution in [0.5, 0.6) is 0 Å². The smallest absolute Gasteiger partial charge is 0.383 e. The van der Waals surface area contributed by atoms with Crippen molar-refractivity contribution in [2.45, 2.75) is 20.2 Å². The molecule has 0 radical (unpaired) electrons. The van der Waals surface area contributed by atoms with Crippen LogP contribution in [0.15, 0.2) is 18.2 Å². The van der Waals surface area contributed by atoms with Gasteiger partial charge in [0.15, 0.2) is 0 Å². The highest BCUT2D eigenvalue weighted by molar-refractivity contribution is 5.48. The number of hydrogen-bond donors (Lipinski definition) is 1. The molecule has 0 unspecified atom stereocenters. The molecule has 0 aliphatic rings. The number of anilines is 1. The van der Waals surface area contributed by atoms with Crippen molar-refractivity contribution < 1.29 is 17.9 Å². The topological polar surface area (TPSA) is 21.3 Å². The number of benzene rings is 1. The van der Waals surface area contributed by atoms with E-state index in [1.54, 1.807) is 0 Å². The van der Waals surface area contributed by atoms with Gasteiger partial charge in [0.1, 0.15) is 0 Å². The van der Waals surface area contributed by atoms with Gasteiger partial charge in [0.25, 0.3) is 0 Å². The zero-order chi connectivity index (χ0) is 12.2. The molecule has 0 fully saturated rings. The number of rotatable bonds is 4. The molecule has 5 heteroatoms. The minimum atomic E-state index is -4.55. The van der Waals surface area contributed by atoms with Crippen molar-refractivity contribution in [3.8, 4) is 0 Å². The molecule has 0 saturated heterocycles. The van der Waals surface area contributed by atoms with Crippen molar-refractivity contribution in [3.63, 3.8) is 0 Å². The summed E-state index contributed by atoms with van der Waals surface area (Å²) < 4.78 is 38.6. The standard InChI is InChI=1S/C11H14F3NO/c1-8-5-9(2)7-10(6-8)15-3-4-16-11(12,13)14/h5-7,15H,3-4H2,1-2H3. The van der Waals surface area contributed by atoms with Gasteiger partial charge in [-0.1, -0.05) is 6.07 Å². The lowest BCUT2D eigenvalue weighted by molar-refractivity contribution is -0.322. The van der Waals surface area contributed by atoms with Gasteiger partial charge in [0.05, 0.1) is 6.61 Å². The first-order valence-corrected chi connectivity index (χ1v) is 4.90. The molecule has 0 bridgehead atoms. The number of nitrogens with one attached hydrogen (secondary N) is 1. The van der Waals surface area contributed by atoms with Crippen molar-refractivity contribution in [2.24, 2.45) is 0 Å². The third-order valence-corrected chi connectivity index (χ3v) is 1.92. The van der Waals surface area contributed by atoms with Gasteiger partial charge >= 0.3 is 6.36 Å². The van der Waals surface area contributed by atoms with Crippen LogP contribution >= 0.6 is 0 Å². The first-order chi connectivity index (χ1) is 7.37. The second kappa shape index (κ2) is 5.21. The highest BCUT2D eigenvalue weighted by Gasteiger charge is 2.28. The Kier molecular flexibility index (Phi) is 4.18. The summed E-state index contributed by atoms with van der Waals surface area (Å²) in [6.07, 6.45) is -4.55. The van der Waals surface area contributed by atoms with E-state index >= 15 is 0 Å². The Labute approximate surface area is 92.4 Å². The fourth-order valence-electron chi connectivity index (χ4n) is 1.44. The van der Waals surface area contributed by atoms with E-state index in [2.05, 4.69) is 10.1 Å². The minimum absolute atomic E-state index is 0.127. The summed E-state index contributed by atoms with van der Waals surface area (Å²) in [5.41, 5.74) is 2.95. The van der Waals surface area contributed by atoms with E-state index in [0.717, 1.165) is 16.8 Å². The number of halogens is 3. The lowest BCUT2D eigenvalue weighted by Crippen LogP contribution is -2.19. The van der Waals surface area contributed by atoms with Crippen LogP contribution in [-0.4, -0.2) is 19.5 Å². The summed E-state index contributed by atoms with van der Waals surface area (Å²) in [7, 11) is 0. The monoisotopic (exact) mass is 233 g/mol. The molecule has 0 aliphatic carbocycles. The summed E-state index contributed by atoms with van der Waals surface area (Å²) in [6.45, 7) is 3.60. The Morgan fingerprint density at radius 3 is 2.19 bits per heavy atom. The third-order valence-electron chi connectivity index (χ3n) is 1.92. The molecule has 0 heterocycles. The Hall–Kier alpha value is -1.23. The molecule has 0 spiro atoms. The van der Waals surface area contributed by atoms with Crippen LogP contribution in [0.2, 0.25) is 0 Å². The van der Waals surface area contributed by atoms with Crippen LogP contribution in [0.1, 0.15) is 11.1 Å². The Morgan fingerprint density at radius 2 is 1.69 bits per heavy atom. The van der Waals surface area contributed by atoms with Crippen LogP contribution in [0.3, 0.4) is 0 Å². The van der Waals surface area contributed by atoms with Crippen molar-refractivity contribution in [1.29, 1.82) is 0 Å². The Morgan fingerprint density at radius 1 is 1.12 bits per heavy atom. The Balaban J connectivity index is 2.37. The number of ether oxygens (including phenoxy) is 1. The highest BCUT2D eigenvalue weighted by atomic mass is 19.4. The number of alkyl halides is 3. The van der Waals surface area contributed by atoms with Gasteiger partial charge in [0.2, 0.25) is 0 Å². The molecule has 2 nitrogen and oxygen atoms in total. The predicted octanol–water partition coefficient (Wildman–Crippen LogP) is 3.25. The van der Waals surface area contributed by atoms with Gasteiger partial charge in [-0.3, -0.25) is 4.74 Å². The maximum absolute atomic E-state index is 11.7. The average Bonchev–Trinajstić information content (AvgIpc) is 2.09. The second-order valence-electron chi connectivity index (χ2n) is 3.60. The van der Waals surface area contributed by atoms with Crippen molar-refractivity contribution in [1.82, 2.24) is 0 Å². The van der Waals surface area contributed by atoms with Crippen molar-refractivity contribution in [2.75, 3.05) is 18.5 Å². The van der Waals surface area contributed by atoms with E-state index in [9.17, 15) is 13.2 Å². The Bertz CT molecular complexity index is 329. The van der Waals surface area contributed by atoms with E-state index in [0.29, 0.717) is 0 Å². The first kappa shape index (κ1) is 12.8. The van der Waals surface area contributed by atoms with Crippen molar-refractivity contribution in [3.05, 3.63) is 29.3 Å². The molecule has 0 aliphatic heterocycles. The van der Waals surface area contributed by atoms with E-state index < -0.39 is 13.0 Å². The van der Waals surface area contributed by atoms with Crippen molar-refractivity contribution >= 4 is 5.69 Å². The van der Waals surface area contributed by atoms with Crippen LogP contribution in [0.4, 0.5) is 18.9 Å². The van der Waals surface area contributed by atoms with Gasteiger partial charge < -0.3 is 5.32 Å². The zero-order valence-corrected chi connectivity index (χ0v) is 9.19. The molecule has 0 atom stereocenters. The molecule has 1 aromatic carbocycles. The normalized spacial score (nSPS) is 11.6. The summed E-state index contributed by atoms with van der Waals surface area (Å²) >= 11 is 0. The van der Waals surface area contributed by atoms with Gasteiger partial charge in [0, 0.05) is 12.2 Å². The summed E-state index contributed by atoms with van der Waals surface area (Å²) in [4.78, 5) is 0. The third kappa shape index (κ3) is 5.02. The SMILES string of the molecule is Cc1cc(C)cc(NCCOC(F)(F)F)c1. The maximum atomic E-state index is 11.7. The largest absolute Gasteiger partial charge is 0.522 e. The van der Waals surface area contributed by atoms with E-state index in [-0.39, 0.29) is 6.54 Å². The summed E-state index contributed by atoms with van der Waals surface area (Å²) in [5, 5.41) is 2.87. The predicted molar refractivity (Wildman–Crippen MR) is 56.4 cm³/mol. The van der Waals surface area contributed by atoms with Gasteiger partial charge in [-0.05, 0) is 37.1 Å². The highest BCUT2D eigenvalue weighted by Crippen LogP contribution is 2.16. The number of hydrogen-bond acceptors (Lipinski definition) is 2.